The zero-order valence-corrected chi connectivity index (χ0v) is 23.6. The Kier molecular flexibility index (Phi) is 10.5. The van der Waals surface area contributed by atoms with Gasteiger partial charge in [0.05, 0.1) is 19.3 Å². The molecular weight excluding hydrogens is 515 g/mol. The van der Waals surface area contributed by atoms with Crippen molar-refractivity contribution < 1.29 is 23.5 Å². The highest BCUT2D eigenvalue weighted by Gasteiger charge is 2.27. The smallest absolute Gasteiger partial charge is 0.254 e. The van der Waals surface area contributed by atoms with E-state index >= 15 is 0 Å². The summed E-state index contributed by atoms with van der Waals surface area (Å²) in [6, 6.07) is 15.3. The monoisotopic (exact) mass is 552 g/mol. The zero-order valence-electron chi connectivity index (χ0n) is 22.7. The number of rotatable bonds is 13. The second-order valence-corrected chi connectivity index (χ2v) is 11.0. The van der Waals surface area contributed by atoms with Crippen molar-refractivity contribution >= 4 is 23.2 Å². The number of aryl methyl sites for hydroxylation is 1. The maximum absolute atomic E-state index is 13.8. The molecule has 1 saturated heterocycles. The van der Waals surface area contributed by atoms with Gasteiger partial charge < -0.3 is 19.3 Å². The Bertz CT molecular complexity index is 1210. The molecule has 0 aliphatic carbocycles. The van der Waals surface area contributed by atoms with Crippen LogP contribution in [0.2, 0.25) is 0 Å². The summed E-state index contributed by atoms with van der Waals surface area (Å²) in [6.45, 7) is 6.46. The highest BCUT2D eigenvalue weighted by atomic mass is 32.1. The molecule has 2 heterocycles. The van der Waals surface area contributed by atoms with E-state index in [0.717, 1.165) is 47.4 Å². The van der Waals surface area contributed by atoms with E-state index in [1.54, 1.807) is 57.5 Å². The van der Waals surface area contributed by atoms with E-state index < -0.39 is 0 Å². The van der Waals surface area contributed by atoms with Gasteiger partial charge >= 0.3 is 0 Å². The SMILES string of the molecule is CCCCOc1ccc(C(=O)N(CC(=O)N(Cc2ccc(F)cc2)Cc2sccc2C)CC2CCCO2)cc1. The highest BCUT2D eigenvalue weighted by molar-refractivity contribution is 7.10. The Morgan fingerprint density at radius 3 is 2.46 bits per heavy atom. The van der Waals surface area contributed by atoms with Gasteiger partial charge in [0, 0.05) is 30.1 Å². The molecule has 1 aromatic heterocycles. The van der Waals surface area contributed by atoms with Gasteiger partial charge in [0.15, 0.2) is 0 Å². The predicted octanol–water partition coefficient (Wildman–Crippen LogP) is 6.22. The van der Waals surface area contributed by atoms with Crippen molar-refractivity contribution in [3.05, 3.63) is 87.4 Å². The Labute approximate surface area is 234 Å². The van der Waals surface area contributed by atoms with Crippen LogP contribution in [-0.2, 0) is 22.6 Å². The molecule has 0 saturated carbocycles. The van der Waals surface area contributed by atoms with Crippen LogP contribution >= 0.6 is 11.3 Å². The third-order valence-corrected chi connectivity index (χ3v) is 7.88. The van der Waals surface area contributed by atoms with Crippen LogP contribution < -0.4 is 4.74 Å². The lowest BCUT2D eigenvalue weighted by molar-refractivity contribution is -0.133. The molecule has 1 aliphatic heterocycles. The molecule has 8 heteroatoms. The van der Waals surface area contributed by atoms with Crippen molar-refractivity contribution in [3.8, 4) is 5.75 Å². The molecule has 1 aliphatic rings. The number of nitrogens with zero attached hydrogens (tertiary/aromatic N) is 2. The van der Waals surface area contributed by atoms with Crippen molar-refractivity contribution in [1.29, 1.82) is 0 Å². The molecule has 4 rings (SSSR count). The summed E-state index contributed by atoms with van der Waals surface area (Å²) in [5.74, 6) is 0.0189. The number of hydrogen-bond acceptors (Lipinski definition) is 5. The number of halogens is 1. The summed E-state index contributed by atoms with van der Waals surface area (Å²) >= 11 is 1.60. The van der Waals surface area contributed by atoms with Gasteiger partial charge in [-0.2, -0.15) is 0 Å². The Balaban J connectivity index is 1.52. The van der Waals surface area contributed by atoms with Crippen LogP contribution in [0.5, 0.6) is 5.75 Å². The largest absolute Gasteiger partial charge is 0.494 e. The van der Waals surface area contributed by atoms with Gasteiger partial charge in [-0.25, -0.2) is 4.39 Å². The first-order valence-corrected chi connectivity index (χ1v) is 14.5. The molecule has 1 fully saturated rings. The number of amides is 2. The van der Waals surface area contributed by atoms with E-state index in [4.69, 9.17) is 9.47 Å². The molecular formula is C31H37FN2O4S. The fourth-order valence-corrected chi connectivity index (χ4v) is 5.43. The predicted molar refractivity (Wildman–Crippen MR) is 151 cm³/mol. The number of benzene rings is 2. The summed E-state index contributed by atoms with van der Waals surface area (Å²) in [4.78, 5) is 31.9. The molecule has 0 spiro atoms. The Hall–Kier alpha value is -3.23. The molecule has 1 unspecified atom stereocenters. The molecule has 6 nitrogen and oxygen atoms in total. The first-order valence-electron chi connectivity index (χ1n) is 13.6. The second kappa shape index (κ2) is 14.2. The van der Waals surface area contributed by atoms with Crippen molar-refractivity contribution in [1.82, 2.24) is 9.80 Å². The Morgan fingerprint density at radius 2 is 1.82 bits per heavy atom. The van der Waals surface area contributed by atoms with Gasteiger partial charge in [0.1, 0.15) is 18.1 Å². The standard InChI is InChI=1S/C31H37FN2O4S/c1-3-4-16-37-27-13-9-25(10-14-27)31(36)34(20-28-6-5-17-38-28)22-30(35)33(21-29-23(2)15-18-39-29)19-24-7-11-26(32)12-8-24/h7-15,18,28H,3-6,16-17,19-22H2,1-2H3. The summed E-state index contributed by atoms with van der Waals surface area (Å²) < 4.78 is 25.1. The number of hydrogen-bond donors (Lipinski definition) is 0. The van der Waals surface area contributed by atoms with Crippen LogP contribution in [0, 0.1) is 12.7 Å². The molecule has 208 valence electrons. The summed E-state index contributed by atoms with van der Waals surface area (Å²) in [5.41, 5.74) is 2.45. The summed E-state index contributed by atoms with van der Waals surface area (Å²) in [6.07, 6.45) is 3.72. The van der Waals surface area contributed by atoms with Crippen molar-refractivity contribution in [2.75, 3.05) is 26.3 Å². The van der Waals surface area contributed by atoms with Gasteiger partial charge in [-0.3, -0.25) is 9.59 Å². The van der Waals surface area contributed by atoms with Gasteiger partial charge in [-0.15, -0.1) is 11.3 Å². The fraction of sp³-hybridized carbons (Fsp3) is 0.419. The lowest BCUT2D eigenvalue weighted by Gasteiger charge is -2.29. The quantitative estimate of drug-likeness (QED) is 0.236. The molecule has 3 aromatic rings. The molecule has 2 aromatic carbocycles. The van der Waals surface area contributed by atoms with E-state index in [-0.39, 0.29) is 30.3 Å². The normalized spacial score (nSPS) is 14.8. The van der Waals surface area contributed by atoms with Crippen LogP contribution in [0.25, 0.3) is 0 Å². The molecule has 0 bridgehead atoms. The molecule has 0 radical (unpaired) electrons. The number of unbranched alkanes of at least 4 members (excludes halogenated alkanes) is 1. The van der Waals surface area contributed by atoms with Crippen LogP contribution in [0.4, 0.5) is 4.39 Å². The molecule has 2 amide bonds. The number of carbonyl (C=O) groups is 2. The number of thiophene rings is 1. The molecule has 1 atom stereocenters. The lowest BCUT2D eigenvalue weighted by Crippen LogP contribution is -2.45. The van der Waals surface area contributed by atoms with Crippen molar-refractivity contribution in [2.45, 2.75) is 58.7 Å². The van der Waals surface area contributed by atoms with Gasteiger partial charge in [0.25, 0.3) is 5.91 Å². The van der Waals surface area contributed by atoms with Gasteiger partial charge in [-0.05, 0) is 85.2 Å². The van der Waals surface area contributed by atoms with Gasteiger partial charge in [-0.1, -0.05) is 25.5 Å². The number of carbonyl (C=O) groups excluding carboxylic acids is 2. The highest BCUT2D eigenvalue weighted by Crippen LogP contribution is 2.22. The van der Waals surface area contributed by atoms with E-state index in [9.17, 15) is 14.0 Å². The molecule has 39 heavy (non-hydrogen) atoms. The van der Waals surface area contributed by atoms with Crippen molar-refractivity contribution in [3.63, 3.8) is 0 Å². The summed E-state index contributed by atoms with van der Waals surface area (Å²) in [5, 5.41) is 2.01. The second-order valence-electron chi connectivity index (χ2n) is 9.95. The maximum Gasteiger partial charge on any atom is 0.254 e. The molecule has 0 N–H and O–H groups in total. The third-order valence-electron chi connectivity index (χ3n) is 6.87. The minimum Gasteiger partial charge on any atom is -0.494 e. The third kappa shape index (κ3) is 8.38. The van der Waals surface area contributed by atoms with E-state index in [0.29, 0.717) is 38.4 Å². The van der Waals surface area contributed by atoms with E-state index in [1.807, 2.05) is 18.4 Å². The van der Waals surface area contributed by atoms with Crippen molar-refractivity contribution in [2.24, 2.45) is 0 Å². The van der Waals surface area contributed by atoms with Crippen LogP contribution in [-0.4, -0.2) is 54.0 Å². The Morgan fingerprint density at radius 1 is 1.05 bits per heavy atom. The average molecular weight is 553 g/mol. The number of ether oxygens (including phenoxy) is 2. The minimum atomic E-state index is -0.319. The van der Waals surface area contributed by atoms with Crippen LogP contribution in [0.3, 0.4) is 0 Å². The first-order chi connectivity index (χ1) is 18.9. The summed E-state index contributed by atoms with van der Waals surface area (Å²) in [7, 11) is 0. The van der Waals surface area contributed by atoms with Crippen LogP contribution in [0.15, 0.2) is 60.0 Å². The van der Waals surface area contributed by atoms with Gasteiger partial charge in [0.2, 0.25) is 5.91 Å². The maximum atomic E-state index is 13.8. The topological polar surface area (TPSA) is 59.1 Å². The average Bonchev–Trinajstić information content (AvgIpc) is 3.61. The minimum absolute atomic E-state index is 0.0704. The first kappa shape index (κ1) is 28.8. The fourth-order valence-electron chi connectivity index (χ4n) is 4.51. The van der Waals surface area contributed by atoms with Crippen LogP contribution in [0.1, 0.15) is 59.0 Å². The zero-order chi connectivity index (χ0) is 27.6. The van der Waals surface area contributed by atoms with E-state index in [2.05, 4.69) is 6.92 Å². The lowest BCUT2D eigenvalue weighted by atomic mass is 10.1. The van der Waals surface area contributed by atoms with E-state index in [1.165, 1.54) is 12.1 Å².